The van der Waals surface area contributed by atoms with E-state index in [1.54, 1.807) is 29.2 Å². The van der Waals surface area contributed by atoms with Crippen LogP contribution in [0.5, 0.6) is 5.75 Å². The van der Waals surface area contributed by atoms with Crippen molar-refractivity contribution < 1.29 is 27.8 Å². The molecular weight excluding hydrogens is 374 g/mol. The lowest BCUT2D eigenvalue weighted by molar-refractivity contribution is -0.144. The number of methoxy groups -OCH3 is 1. The number of benzene rings is 1. The monoisotopic (exact) mass is 399 g/mol. The summed E-state index contributed by atoms with van der Waals surface area (Å²) in [5, 5.41) is 9.74. The SMILES string of the molecule is COc1cccc(C(C(=O)O)N2CCN(S(=O)(=O)N3CCOCC3)CC2)c1. The molecule has 0 radical (unpaired) electrons. The fourth-order valence-corrected chi connectivity index (χ4v) is 5.02. The highest BCUT2D eigenvalue weighted by molar-refractivity contribution is 7.86. The number of rotatable bonds is 6. The second kappa shape index (κ2) is 8.53. The van der Waals surface area contributed by atoms with Gasteiger partial charge in [0.15, 0.2) is 0 Å². The zero-order valence-corrected chi connectivity index (χ0v) is 16.1. The molecule has 0 spiro atoms. The Hall–Kier alpha value is -1.72. The summed E-state index contributed by atoms with van der Waals surface area (Å²) < 4.78 is 38.8. The van der Waals surface area contributed by atoms with Crippen LogP contribution in [-0.4, -0.2) is 92.6 Å². The summed E-state index contributed by atoms with van der Waals surface area (Å²) in [7, 11) is -2.01. The average molecular weight is 399 g/mol. The molecule has 2 aliphatic heterocycles. The molecule has 3 rings (SSSR count). The number of carboxylic acid groups (broad SMARTS) is 1. The quantitative estimate of drug-likeness (QED) is 0.720. The maximum absolute atomic E-state index is 12.7. The molecule has 10 heteroatoms. The van der Waals surface area contributed by atoms with Crippen LogP contribution in [0.2, 0.25) is 0 Å². The third-order valence-corrected chi connectivity index (χ3v) is 6.94. The molecule has 0 aliphatic carbocycles. The van der Waals surface area contributed by atoms with Crippen LogP contribution in [0.4, 0.5) is 0 Å². The minimum atomic E-state index is -3.54. The molecule has 2 heterocycles. The van der Waals surface area contributed by atoms with Crippen LogP contribution in [0.3, 0.4) is 0 Å². The van der Waals surface area contributed by atoms with E-state index in [4.69, 9.17) is 9.47 Å². The van der Waals surface area contributed by atoms with Gasteiger partial charge in [-0.2, -0.15) is 17.0 Å². The zero-order valence-electron chi connectivity index (χ0n) is 15.3. The van der Waals surface area contributed by atoms with E-state index < -0.39 is 22.2 Å². The fraction of sp³-hybridized carbons (Fsp3) is 0.588. The number of nitrogens with zero attached hydrogens (tertiary/aromatic N) is 3. The van der Waals surface area contributed by atoms with Gasteiger partial charge in [-0.3, -0.25) is 9.69 Å². The largest absolute Gasteiger partial charge is 0.497 e. The molecule has 2 fully saturated rings. The van der Waals surface area contributed by atoms with Gasteiger partial charge in [0, 0.05) is 39.3 Å². The molecular formula is C17H25N3O6S. The summed E-state index contributed by atoms with van der Waals surface area (Å²) in [5.74, 6) is -0.375. The first-order valence-corrected chi connectivity index (χ1v) is 10.3. The predicted octanol–water partition coefficient (Wildman–Crippen LogP) is 0.0155. The van der Waals surface area contributed by atoms with E-state index in [9.17, 15) is 18.3 Å². The molecule has 1 aromatic rings. The first-order chi connectivity index (χ1) is 12.9. The maximum Gasteiger partial charge on any atom is 0.325 e. The average Bonchev–Trinajstić information content (AvgIpc) is 2.69. The number of morpholine rings is 1. The topological polar surface area (TPSA) is 99.6 Å². The van der Waals surface area contributed by atoms with Crippen molar-refractivity contribution in [2.75, 3.05) is 59.6 Å². The second-order valence-corrected chi connectivity index (χ2v) is 8.40. The summed E-state index contributed by atoms with van der Waals surface area (Å²) >= 11 is 0. The van der Waals surface area contributed by atoms with E-state index in [0.717, 1.165) is 0 Å². The molecule has 0 amide bonds. The zero-order chi connectivity index (χ0) is 19.4. The number of ether oxygens (including phenoxy) is 2. The van der Waals surface area contributed by atoms with Crippen LogP contribution < -0.4 is 4.74 Å². The van der Waals surface area contributed by atoms with Crippen molar-refractivity contribution in [1.29, 1.82) is 0 Å². The number of carbonyl (C=O) groups is 1. The lowest BCUT2D eigenvalue weighted by Crippen LogP contribution is -2.55. The number of carboxylic acids is 1. The van der Waals surface area contributed by atoms with Crippen molar-refractivity contribution in [3.63, 3.8) is 0 Å². The van der Waals surface area contributed by atoms with Gasteiger partial charge in [-0.15, -0.1) is 0 Å². The molecule has 2 aliphatic rings. The Morgan fingerprint density at radius 3 is 2.33 bits per heavy atom. The Labute approximate surface area is 159 Å². The number of piperazine rings is 1. The van der Waals surface area contributed by atoms with Gasteiger partial charge in [-0.05, 0) is 17.7 Å². The predicted molar refractivity (Wildman–Crippen MR) is 97.8 cm³/mol. The van der Waals surface area contributed by atoms with Gasteiger partial charge in [0.25, 0.3) is 10.2 Å². The first kappa shape index (κ1) is 20.0. The summed E-state index contributed by atoms with van der Waals surface area (Å²) in [6.07, 6.45) is 0. The summed E-state index contributed by atoms with van der Waals surface area (Å²) in [5.41, 5.74) is 0.617. The highest BCUT2D eigenvalue weighted by atomic mass is 32.2. The van der Waals surface area contributed by atoms with Crippen LogP contribution in [0.1, 0.15) is 11.6 Å². The van der Waals surface area contributed by atoms with Crippen molar-refractivity contribution in [1.82, 2.24) is 13.5 Å². The highest BCUT2D eigenvalue weighted by Crippen LogP contribution is 2.26. The number of hydrogen-bond acceptors (Lipinski definition) is 6. The molecule has 0 bridgehead atoms. The van der Waals surface area contributed by atoms with E-state index in [0.29, 0.717) is 50.7 Å². The Morgan fingerprint density at radius 1 is 1.11 bits per heavy atom. The van der Waals surface area contributed by atoms with Crippen molar-refractivity contribution in [2.45, 2.75) is 6.04 Å². The van der Waals surface area contributed by atoms with Gasteiger partial charge in [-0.25, -0.2) is 0 Å². The van der Waals surface area contributed by atoms with Crippen LogP contribution >= 0.6 is 0 Å². The van der Waals surface area contributed by atoms with Crippen molar-refractivity contribution in [2.24, 2.45) is 0 Å². The van der Waals surface area contributed by atoms with Crippen LogP contribution in [0.15, 0.2) is 24.3 Å². The van der Waals surface area contributed by atoms with Gasteiger partial charge < -0.3 is 14.6 Å². The fourth-order valence-electron chi connectivity index (χ4n) is 3.45. The Balaban J connectivity index is 1.70. The molecule has 2 saturated heterocycles. The molecule has 1 atom stereocenters. The molecule has 27 heavy (non-hydrogen) atoms. The van der Waals surface area contributed by atoms with Gasteiger partial charge in [0.1, 0.15) is 11.8 Å². The summed E-state index contributed by atoms with van der Waals surface area (Å²) in [6.45, 7) is 2.71. The third kappa shape index (κ3) is 4.41. The molecule has 150 valence electrons. The van der Waals surface area contributed by atoms with E-state index in [-0.39, 0.29) is 13.1 Å². The summed E-state index contributed by atoms with van der Waals surface area (Å²) in [4.78, 5) is 13.7. The van der Waals surface area contributed by atoms with Gasteiger partial charge in [0.2, 0.25) is 0 Å². The minimum Gasteiger partial charge on any atom is -0.497 e. The van der Waals surface area contributed by atoms with E-state index in [2.05, 4.69) is 0 Å². The molecule has 1 unspecified atom stereocenters. The van der Waals surface area contributed by atoms with E-state index in [1.807, 2.05) is 0 Å². The lowest BCUT2D eigenvalue weighted by atomic mass is 10.0. The number of aliphatic carboxylic acids is 1. The third-order valence-electron chi connectivity index (χ3n) is 4.90. The Kier molecular flexibility index (Phi) is 6.33. The molecule has 0 aromatic heterocycles. The van der Waals surface area contributed by atoms with Crippen molar-refractivity contribution in [3.8, 4) is 5.75 Å². The van der Waals surface area contributed by atoms with Gasteiger partial charge in [0.05, 0.1) is 20.3 Å². The second-order valence-electron chi connectivity index (χ2n) is 6.47. The lowest BCUT2D eigenvalue weighted by Gasteiger charge is -2.39. The van der Waals surface area contributed by atoms with E-state index in [1.165, 1.54) is 15.7 Å². The Morgan fingerprint density at radius 2 is 1.74 bits per heavy atom. The van der Waals surface area contributed by atoms with Crippen LogP contribution in [-0.2, 0) is 19.7 Å². The van der Waals surface area contributed by atoms with Gasteiger partial charge >= 0.3 is 5.97 Å². The van der Waals surface area contributed by atoms with Gasteiger partial charge in [-0.1, -0.05) is 12.1 Å². The molecule has 9 nitrogen and oxygen atoms in total. The van der Waals surface area contributed by atoms with Crippen LogP contribution in [0, 0.1) is 0 Å². The minimum absolute atomic E-state index is 0.257. The molecule has 0 saturated carbocycles. The van der Waals surface area contributed by atoms with Crippen LogP contribution in [0.25, 0.3) is 0 Å². The van der Waals surface area contributed by atoms with Crippen molar-refractivity contribution in [3.05, 3.63) is 29.8 Å². The number of hydrogen-bond donors (Lipinski definition) is 1. The Bertz CT molecular complexity index is 758. The van der Waals surface area contributed by atoms with Crippen molar-refractivity contribution >= 4 is 16.2 Å². The normalized spacial score (nSPS) is 21.7. The van der Waals surface area contributed by atoms with E-state index >= 15 is 0 Å². The maximum atomic E-state index is 12.7. The smallest absolute Gasteiger partial charge is 0.325 e. The molecule has 1 N–H and O–H groups in total. The standard InChI is InChI=1S/C17H25N3O6S/c1-25-15-4-2-3-14(13-15)16(17(21)22)18-5-7-19(8-6-18)27(23,24)20-9-11-26-12-10-20/h2-4,13,16H,5-12H2,1H3,(H,21,22). The summed E-state index contributed by atoms with van der Waals surface area (Å²) in [6, 6.07) is 6.13. The highest BCUT2D eigenvalue weighted by Gasteiger charge is 2.36. The first-order valence-electron chi connectivity index (χ1n) is 8.87. The molecule has 1 aromatic carbocycles.